The van der Waals surface area contributed by atoms with Crippen molar-refractivity contribution in [2.45, 2.75) is 39.7 Å². The molecule has 1 rings (SSSR count). The molecular weight excluding hydrogens is 270 g/mol. The molecule has 116 valence electrons. The lowest BCUT2D eigenvalue weighted by atomic mass is 10.1. The minimum Gasteiger partial charge on any atom is -0.369 e. The van der Waals surface area contributed by atoms with Crippen molar-refractivity contribution in [1.82, 2.24) is 20.6 Å². The molecular formula is C14H23N5O2. The predicted molar refractivity (Wildman–Crippen MR) is 81.0 cm³/mol. The maximum absolute atomic E-state index is 11.9. The lowest BCUT2D eigenvalue weighted by Crippen LogP contribution is -2.45. The first-order chi connectivity index (χ1) is 9.81. The molecule has 0 unspecified atom stereocenters. The number of aromatic nitrogens is 2. The van der Waals surface area contributed by atoms with Crippen molar-refractivity contribution in [3.63, 3.8) is 0 Å². The van der Waals surface area contributed by atoms with Crippen molar-refractivity contribution in [3.8, 4) is 0 Å². The van der Waals surface area contributed by atoms with Crippen molar-refractivity contribution in [3.05, 3.63) is 18.1 Å². The first-order valence-corrected chi connectivity index (χ1v) is 6.97. The Morgan fingerprint density at radius 1 is 1.24 bits per heavy atom. The van der Waals surface area contributed by atoms with E-state index in [2.05, 4.69) is 25.9 Å². The molecule has 0 aliphatic heterocycles. The van der Waals surface area contributed by atoms with Crippen LogP contribution in [0.2, 0.25) is 0 Å². The number of hydrogen-bond donors (Lipinski definition) is 3. The van der Waals surface area contributed by atoms with E-state index in [0.29, 0.717) is 5.82 Å². The molecule has 21 heavy (non-hydrogen) atoms. The normalized spacial score (nSPS) is 10.9. The number of carbonyl (C=O) groups excluding carboxylic acids is 2. The van der Waals surface area contributed by atoms with Gasteiger partial charge in [-0.25, -0.2) is 4.98 Å². The van der Waals surface area contributed by atoms with Gasteiger partial charge in [-0.1, -0.05) is 6.92 Å². The number of anilines is 1. The third-order valence-electron chi connectivity index (χ3n) is 2.35. The van der Waals surface area contributed by atoms with Crippen LogP contribution in [0, 0.1) is 0 Å². The zero-order valence-electron chi connectivity index (χ0n) is 13.0. The second-order valence-electron chi connectivity index (χ2n) is 5.70. The molecule has 0 aliphatic rings. The number of hydrogen-bond acceptors (Lipinski definition) is 5. The maximum Gasteiger partial charge on any atom is 0.272 e. The van der Waals surface area contributed by atoms with Gasteiger partial charge in [0.25, 0.3) is 5.91 Å². The topological polar surface area (TPSA) is 96.0 Å². The number of carbonyl (C=O) groups is 2. The van der Waals surface area contributed by atoms with Crippen molar-refractivity contribution in [1.29, 1.82) is 0 Å². The summed E-state index contributed by atoms with van der Waals surface area (Å²) >= 11 is 0. The van der Waals surface area contributed by atoms with Crippen molar-refractivity contribution >= 4 is 17.6 Å². The van der Waals surface area contributed by atoms with Gasteiger partial charge in [0.15, 0.2) is 0 Å². The highest BCUT2D eigenvalue weighted by molar-refractivity contribution is 5.94. The summed E-state index contributed by atoms with van der Waals surface area (Å²) in [4.78, 5) is 31.7. The van der Waals surface area contributed by atoms with Crippen molar-refractivity contribution < 1.29 is 9.59 Å². The van der Waals surface area contributed by atoms with Crippen molar-refractivity contribution in [2.24, 2.45) is 0 Å². The SMILES string of the molecule is CCCNc1cncc(C(=O)NCC(=O)NC(C)(C)C)n1. The molecule has 0 saturated carbocycles. The Balaban J connectivity index is 2.54. The van der Waals surface area contributed by atoms with Crippen LogP contribution in [0.5, 0.6) is 0 Å². The van der Waals surface area contributed by atoms with Crippen LogP contribution in [0.15, 0.2) is 12.4 Å². The average Bonchev–Trinajstić information content (AvgIpc) is 2.41. The summed E-state index contributed by atoms with van der Waals surface area (Å²) in [7, 11) is 0. The summed E-state index contributed by atoms with van der Waals surface area (Å²) in [5, 5.41) is 8.34. The molecule has 1 aromatic heterocycles. The fraction of sp³-hybridized carbons (Fsp3) is 0.571. The summed E-state index contributed by atoms with van der Waals surface area (Å²) < 4.78 is 0. The van der Waals surface area contributed by atoms with Crippen LogP contribution in [-0.2, 0) is 4.79 Å². The maximum atomic E-state index is 11.9. The van der Waals surface area contributed by atoms with E-state index in [4.69, 9.17) is 0 Å². The van der Waals surface area contributed by atoms with Gasteiger partial charge >= 0.3 is 0 Å². The first kappa shape index (κ1) is 16.9. The van der Waals surface area contributed by atoms with E-state index in [1.54, 1.807) is 6.20 Å². The van der Waals surface area contributed by atoms with Crippen molar-refractivity contribution in [2.75, 3.05) is 18.4 Å². The van der Waals surface area contributed by atoms with Gasteiger partial charge in [0.05, 0.1) is 18.9 Å². The van der Waals surface area contributed by atoms with E-state index in [1.165, 1.54) is 6.20 Å². The van der Waals surface area contributed by atoms with Gasteiger partial charge < -0.3 is 16.0 Å². The zero-order valence-corrected chi connectivity index (χ0v) is 13.0. The van der Waals surface area contributed by atoms with Gasteiger partial charge in [0.2, 0.25) is 5.91 Å². The molecule has 1 aromatic rings. The largest absolute Gasteiger partial charge is 0.369 e. The molecule has 0 aromatic carbocycles. The monoisotopic (exact) mass is 293 g/mol. The van der Waals surface area contributed by atoms with Gasteiger partial charge in [-0.3, -0.25) is 14.6 Å². The average molecular weight is 293 g/mol. The van der Waals surface area contributed by atoms with E-state index in [0.717, 1.165) is 13.0 Å². The van der Waals surface area contributed by atoms with E-state index in [9.17, 15) is 9.59 Å². The van der Waals surface area contributed by atoms with Gasteiger partial charge in [-0.2, -0.15) is 0 Å². The molecule has 0 atom stereocenters. The highest BCUT2D eigenvalue weighted by atomic mass is 16.2. The fourth-order valence-electron chi connectivity index (χ4n) is 1.53. The highest BCUT2D eigenvalue weighted by Gasteiger charge is 2.15. The Labute approximate surface area is 124 Å². The quantitative estimate of drug-likeness (QED) is 0.725. The van der Waals surface area contributed by atoms with Gasteiger partial charge in [0, 0.05) is 12.1 Å². The van der Waals surface area contributed by atoms with E-state index < -0.39 is 5.91 Å². The lowest BCUT2D eigenvalue weighted by molar-refractivity contribution is -0.121. The summed E-state index contributed by atoms with van der Waals surface area (Å²) in [6, 6.07) is 0. The van der Waals surface area contributed by atoms with Gasteiger partial charge in [0.1, 0.15) is 11.5 Å². The second kappa shape index (κ2) is 7.56. The molecule has 0 spiro atoms. The second-order valence-corrected chi connectivity index (χ2v) is 5.70. The van der Waals surface area contributed by atoms with Crippen LogP contribution in [0.4, 0.5) is 5.82 Å². The molecule has 0 radical (unpaired) electrons. The van der Waals surface area contributed by atoms with Crippen LogP contribution < -0.4 is 16.0 Å². The molecule has 7 heteroatoms. The predicted octanol–water partition coefficient (Wildman–Crippen LogP) is 0.943. The molecule has 0 bridgehead atoms. The Bertz CT molecular complexity index is 496. The van der Waals surface area contributed by atoms with E-state index >= 15 is 0 Å². The number of amides is 2. The molecule has 3 N–H and O–H groups in total. The Kier molecular flexibility index (Phi) is 6.08. The molecule has 0 aliphatic carbocycles. The van der Waals surface area contributed by atoms with E-state index in [1.807, 2.05) is 27.7 Å². The lowest BCUT2D eigenvalue weighted by Gasteiger charge is -2.20. The summed E-state index contributed by atoms with van der Waals surface area (Å²) in [6.45, 7) is 8.33. The Hall–Kier alpha value is -2.18. The molecule has 0 fully saturated rings. The van der Waals surface area contributed by atoms with Crippen LogP contribution in [-0.4, -0.2) is 40.4 Å². The number of nitrogens with zero attached hydrogens (tertiary/aromatic N) is 2. The third kappa shape index (κ3) is 6.69. The van der Waals surface area contributed by atoms with Crippen LogP contribution >= 0.6 is 0 Å². The standard InChI is InChI=1S/C14H23N5O2/c1-5-6-16-11-8-15-7-10(18-11)13(21)17-9-12(20)19-14(2,3)4/h7-8H,5-6,9H2,1-4H3,(H,16,18)(H,17,21)(H,19,20). The van der Waals surface area contributed by atoms with Gasteiger partial charge in [-0.05, 0) is 27.2 Å². The first-order valence-electron chi connectivity index (χ1n) is 6.97. The minimum absolute atomic E-state index is 0.0929. The van der Waals surface area contributed by atoms with Gasteiger partial charge in [-0.15, -0.1) is 0 Å². The summed E-state index contributed by atoms with van der Waals surface area (Å²) in [5.74, 6) is -0.126. The number of rotatable bonds is 6. The Morgan fingerprint density at radius 2 is 1.95 bits per heavy atom. The molecule has 0 saturated heterocycles. The Morgan fingerprint density at radius 3 is 2.57 bits per heavy atom. The molecule has 2 amide bonds. The molecule has 1 heterocycles. The zero-order chi connectivity index (χ0) is 15.9. The smallest absolute Gasteiger partial charge is 0.272 e. The highest BCUT2D eigenvalue weighted by Crippen LogP contribution is 2.02. The van der Waals surface area contributed by atoms with Crippen LogP contribution in [0.3, 0.4) is 0 Å². The summed E-state index contributed by atoms with van der Waals surface area (Å²) in [6.07, 6.45) is 3.87. The fourth-order valence-corrected chi connectivity index (χ4v) is 1.53. The van der Waals surface area contributed by atoms with E-state index in [-0.39, 0.29) is 23.7 Å². The summed E-state index contributed by atoms with van der Waals surface area (Å²) in [5.41, 5.74) is -0.148. The number of nitrogens with one attached hydrogen (secondary N) is 3. The molecule has 7 nitrogen and oxygen atoms in total. The van der Waals surface area contributed by atoms with Crippen LogP contribution in [0.25, 0.3) is 0 Å². The third-order valence-corrected chi connectivity index (χ3v) is 2.35. The van der Waals surface area contributed by atoms with Crippen LogP contribution in [0.1, 0.15) is 44.6 Å². The minimum atomic E-state index is -0.424.